The molecule has 1 atom stereocenters. The first-order valence-electron chi connectivity index (χ1n) is 11.1. The van der Waals surface area contributed by atoms with Gasteiger partial charge in [0, 0.05) is 6.54 Å². The van der Waals surface area contributed by atoms with Crippen LogP contribution < -0.4 is 0 Å². The molecular formula is C30H29NO. The van der Waals surface area contributed by atoms with Crippen LogP contribution >= 0.6 is 0 Å². The van der Waals surface area contributed by atoms with E-state index >= 15 is 0 Å². The summed E-state index contributed by atoms with van der Waals surface area (Å²) in [4.78, 5) is 16.3. The number of hydrogen-bond donors (Lipinski definition) is 0. The van der Waals surface area contributed by atoms with E-state index in [1.165, 1.54) is 5.56 Å². The number of nitrogens with zero attached hydrogens (tertiary/aromatic N) is 1. The molecule has 2 nitrogen and oxygen atoms in total. The van der Waals surface area contributed by atoms with E-state index in [4.69, 9.17) is 0 Å². The molecule has 1 unspecified atom stereocenters. The van der Waals surface area contributed by atoms with Gasteiger partial charge >= 0.3 is 0 Å². The van der Waals surface area contributed by atoms with Crippen LogP contribution in [-0.4, -0.2) is 10.8 Å². The number of benzene rings is 4. The second kappa shape index (κ2) is 10.1. The smallest absolute Gasteiger partial charge is 0.235 e. The fraction of sp³-hybridized carbons (Fsp3) is 0.167. The highest BCUT2D eigenvalue weighted by Gasteiger charge is 2.31. The topological polar surface area (TPSA) is 20.3 Å². The van der Waals surface area contributed by atoms with E-state index in [9.17, 15) is 4.79 Å². The quantitative estimate of drug-likeness (QED) is 0.318. The standard InChI is InChI=1S/C30H29NO/c1-23-18-20-25(21-19-23)22-31(24(2)26-12-6-3-7-13-26)30(32)29(27-14-8-4-9-15-27)28-16-10-5-11-17-28/h3-21,24,29H,22H2,1-2H3. The molecule has 0 aromatic heterocycles. The van der Waals surface area contributed by atoms with Crippen molar-refractivity contribution in [3.63, 3.8) is 0 Å². The van der Waals surface area contributed by atoms with E-state index in [0.29, 0.717) is 6.54 Å². The SMILES string of the molecule is Cc1ccc(CN(C(=O)C(c2ccccc2)c2ccccc2)C(C)c2ccccc2)cc1. The first-order chi connectivity index (χ1) is 15.6. The molecule has 0 heterocycles. The van der Waals surface area contributed by atoms with Crippen molar-refractivity contribution in [3.8, 4) is 0 Å². The first kappa shape index (κ1) is 21.6. The molecule has 0 aliphatic rings. The molecule has 160 valence electrons. The van der Waals surface area contributed by atoms with Crippen LogP contribution in [0.4, 0.5) is 0 Å². The molecule has 0 spiro atoms. The van der Waals surface area contributed by atoms with E-state index < -0.39 is 0 Å². The molecule has 0 saturated carbocycles. The van der Waals surface area contributed by atoms with Crippen molar-refractivity contribution in [3.05, 3.63) is 143 Å². The zero-order chi connectivity index (χ0) is 22.3. The molecule has 0 bridgehead atoms. The Hall–Kier alpha value is -3.65. The van der Waals surface area contributed by atoms with Gasteiger partial charge in [-0.15, -0.1) is 0 Å². The fourth-order valence-electron chi connectivity index (χ4n) is 4.14. The molecule has 2 heteroatoms. The van der Waals surface area contributed by atoms with Crippen LogP contribution in [-0.2, 0) is 11.3 Å². The van der Waals surface area contributed by atoms with Crippen molar-refractivity contribution >= 4 is 5.91 Å². The number of aryl methyl sites for hydroxylation is 1. The van der Waals surface area contributed by atoms with Crippen LogP contribution in [0.5, 0.6) is 0 Å². The molecule has 4 aromatic rings. The lowest BCUT2D eigenvalue weighted by Gasteiger charge is -2.33. The van der Waals surface area contributed by atoms with Gasteiger partial charge < -0.3 is 4.90 Å². The van der Waals surface area contributed by atoms with Gasteiger partial charge in [0.15, 0.2) is 0 Å². The van der Waals surface area contributed by atoms with E-state index in [0.717, 1.165) is 22.3 Å². The van der Waals surface area contributed by atoms with Gasteiger partial charge in [-0.25, -0.2) is 0 Å². The lowest BCUT2D eigenvalue weighted by Crippen LogP contribution is -2.37. The van der Waals surface area contributed by atoms with Crippen molar-refractivity contribution in [2.75, 3.05) is 0 Å². The number of carbonyl (C=O) groups is 1. The number of carbonyl (C=O) groups excluding carboxylic acids is 1. The summed E-state index contributed by atoms with van der Waals surface area (Å²) in [6.45, 7) is 4.76. The van der Waals surface area contributed by atoms with Gasteiger partial charge in [-0.2, -0.15) is 0 Å². The highest BCUT2D eigenvalue weighted by Crippen LogP contribution is 2.32. The average Bonchev–Trinajstić information content (AvgIpc) is 2.85. The summed E-state index contributed by atoms with van der Waals surface area (Å²) < 4.78 is 0. The van der Waals surface area contributed by atoms with E-state index in [-0.39, 0.29) is 17.9 Å². The summed E-state index contributed by atoms with van der Waals surface area (Å²) in [6.07, 6.45) is 0. The van der Waals surface area contributed by atoms with E-state index in [1.54, 1.807) is 0 Å². The van der Waals surface area contributed by atoms with Crippen molar-refractivity contribution in [1.29, 1.82) is 0 Å². The van der Waals surface area contributed by atoms with E-state index in [1.807, 2.05) is 83.8 Å². The van der Waals surface area contributed by atoms with Gasteiger partial charge in [-0.05, 0) is 36.1 Å². The van der Waals surface area contributed by atoms with Crippen LogP contribution in [0.15, 0.2) is 115 Å². The molecule has 0 fully saturated rings. The summed E-state index contributed by atoms with van der Waals surface area (Å²) in [5, 5.41) is 0. The van der Waals surface area contributed by atoms with Crippen LogP contribution in [0, 0.1) is 6.92 Å². The highest BCUT2D eigenvalue weighted by molar-refractivity contribution is 5.87. The Balaban J connectivity index is 1.76. The van der Waals surface area contributed by atoms with Crippen molar-refractivity contribution in [2.45, 2.75) is 32.4 Å². The third-order valence-corrected chi connectivity index (χ3v) is 6.02. The van der Waals surface area contributed by atoms with Crippen molar-refractivity contribution in [1.82, 2.24) is 4.90 Å². The van der Waals surface area contributed by atoms with Gasteiger partial charge in [0.2, 0.25) is 5.91 Å². The number of rotatable bonds is 7. The molecular weight excluding hydrogens is 390 g/mol. The lowest BCUT2D eigenvalue weighted by atomic mass is 9.89. The predicted molar refractivity (Wildman–Crippen MR) is 131 cm³/mol. The minimum absolute atomic E-state index is 0.0556. The number of amides is 1. The largest absolute Gasteiger partial charge is 0.331 e. The third kappa shape index (κ3) is 4.97. The summed E-state index contributed by atoms with van der Waals surface area (Å²) in [5.41, 5.74) is 5.50. The molecule has 1 amide bonds. The molecule has 0 radical (unpaired) electrons. The third-order valence-electron chi connectivity index (χ3n) is 6.02. The normalized spacial score (nSPS) is 11.8. The molecule has 4 rings (SSSR count). The molecule has 4 aromatic carbocycles. The Morgan fingerprint density at radius 2 is 1.09 bits per heavy atom. The fourth-order valence-corrected chi connectivity index (χ4v) is 4.14. The van der Waals surface area contributed by atoms with Crippen LogP contribution in [0.25, 0.3) is 0 Å². The number of hydrogen-bond acceptors (Lipinski definition) is 1. The summed E-state index contributed by atoms with van der Waals surface area (Å²) in [5.74, 6) is -0.242. The maximum atomic E-state index is 14.3. The van der Waals surface area contributed by atoms with Crippen LogP contribution in [0.1, 0.15) is 46.7 Å². The van der Waals surface area contributed by atoms with Crippen LogP contribution in [0.3, 0.4) is 0 Å². The van der Waals surface area contributed by atoms with Crippen LogP contribution in [0.2, 0.25) is 0 Å². The second-order valence-corrected chi connectivity index (χ2v) is 8.29. The zero-order valence-electron chi connectivity index (χ0n) is 18.7. The molecule has 0 saturated heterocycles. The Morgan fingerprint density at radius 1 is 0.656 bits per heavy atom. The summed E-state index contributed by atoms with van der Waals surface area (Å²) in [6, 6.07) is 38.9. The van der Waals surface area contributed by atoms with E-state index in [2.05, 4.69) is 50.2 Å². The summed E-state index contributed by atoms with van der Waals surface area (Å²) in [7, 11) is 0. The minimum atomic E-state index is -0.353. The van der Waals surface area contributed by atoms with Gasteiger partial charge in [-0.1, -0.05) is 121 Å². The monoisotopic (exact) mass is 419 g/mol. The maximum Gasteiger partial charge on any atom is 0.235 e. The second-order valence-electron chi connectivity index (χ2n) is 8.29. The lowest BCUT2D eigenvalue weighted by molar-refractivity contribution is -0.134. The summed E-state index contributed by atoms with van der Waals surface area (Å²) >= 11 is 0. The first-order valence-corrected chi connectivity index (χ1v) is 11.1. The molecule has 32 heavy (non-hydrogen) atoms. The van der Waals surface area contributed by atoms with Gasteiger partial charge in [-0.3, -0.25) is 4.79 Å². The Kier molecular flexibility index (Phi) is 6.81. The molecule has 0 aliphatic carbocycles. The van der Waals surface area contributed by atoms with Crippen molar-refractivity contribution in [2.24, 2.45) is 0 Å². The minimum Gasteiger partial charge on any atom is -0.331 e. The van der Waals surface area contributed by atoms with Crippen molar-refractivity contribution < 1.29 is 4.79 Å². The van der Waals surface area contributed by atoms with Gasteiger partial charge in [0.05, 0.1) is 12.0 Å². The van der Waals surface area contributed by atoms with Gasteiger partial charge in [0.1, 0.15) is 0 Å². The zero-order valence-corrected chi connectivity index (χ0v) is 18.7. The predicted octanol–water partition coefficient (Wildman–Crippen LogP) is 6.92. The molecule has 0 N–H and O–H groups in total. The Morgan fingerprint density at radius 3 is 1.56 bits per heavy atom. The Bertz CT molecular complexity index is 1080. The average molecular weight is 420 g/mol. The Labute approximate surface area is 191 Å². The maximum absolute atomic E-state index is 14.3. The molecule has 0 aliphatic heterocycles. The van der Waals surface area contributed by atoms with Gasteiger partial charge in [0.25, 0.3) is 0 Å². The highest BCUT2D eigenvalue weighted by atomic mass is 16.2.